The Morgan fingerprint density at radius 2 is 2.00 bits per heavy atom. The SMILES string of the molecule is CC(C)n1ccc2cc(-c3nc(-c4cccc5c4CCCC5N)no3)ccc21.CS. The largest absolute Gasteiger partial charge is 0.345 e. The number of thiol groups is 1. The Morgan fingerprint density at radius 3 is 2.80 bits per heavy atom. The Labute approximate surface area is 182 Å². The number of rotatable bonds is 3. The van der Waals surface area contributed by atoms with Gasteiger partial charge in [-0.15, -0.1) is 0 Å². The minimum absolute atomic E-state index is 0.0995. The molecule has 0 spiro atoms. The topological polar surface area (TPSA) is 69.9 Å². The molecule has 0 bridgehead atoms. The van der Waals surface area contributed by atoms with Gasteiger partial charge in [0, 0.05) is 40.3 Å². The van der Waals surface area contributed by atoms with E-state index < -0.39 is 0 Å². The number of nitrogens with zero attached hydrogens (tertiary/aromatic N) is 3. The zero-order valence-corrected chi connectivity index (χ0v) is 18.6. The van der Waals surface area contributed by atoms with Crippen molar-refractivity contribution in [2.45, 2.75) is 45.2 Å². The number of hydrogen-bond donors (Lipinski definition) is 2. The molecule has 2 N–H and O–H groups in total. The maximum absolute atomic E-state index is 6.30. The van der Waals surface area contributed by atoms with Crippen LogP contribution in [0, 0.1) is 0 Å². The lowest BCUT2D eigenvalue weighted by Crippen LogP contribution is -2.18. The summed E-state index contributed by atoms with van der Waals surface area (Å²) in [5.74, 6) is 1.19. The lowest BCUT2D eigenvalue weighted by molar-refractivity contribution is 0.432. The number of benzene rings is 2. The molecule has 1 aliphatic carbocycles. The van der Waals surface area contributed by atoms with Crippen molar-refractivity contribution in [3.05, 3.63) is 59.8 Å². The first kappa shape index (κ1) is 20.7. The van der Waals surface area contributed by atoms with Crippen molar-refractivity contribution in [3.63, 3.8) is 0 Å². The molecule has 30 heavy (non-hydrogen) atoms. The van der Waals surface area contributed by atoms with E-state index in [2.05, 4.69) is 78.8 Å². The summed E-state index contributed by atoms with van der Waals surface area (Å²) in [6.07, 6.45) is 6.96. The molecule has 2 aromatic carbocycles. The summed E-state index contributed by atoms with van der Waals surface area (Å²) in [6, 6.07) is 15.2. The van der Waals surface area contributed by atoms with E-state index in [4.69, 9.17) is 15.2 Å². The number of hydrogen-bond acceptors (Lipinski definition) is 5. The predicted molar refractivity (Wildman–Crippen MR) is 126 cm³/mol. The summed E-state index contributed by atoms with van der Waals surface area (Å²) in [4.78, 5) is 4.71. The predicted octanol–water partition coefficient (Wildman–Crippen LogP) is 5.82. The molecule has 156 valence electrons. The van der Waals surface area contributed by atoms with Gasteiger partial charge < -0.3 is 14.8 Å². The van der Waals surface area contributed by atoms with Crippen LogP contribution in [0.15, 0.2) is 53.2 Å². The average Bonchev–Trinajstić information content (AvgIpc) is 3.42. The molecule has 1 atom stereocenters. The molecule has 4 aromatic rings. The van der Waals surface area contributed by atoms with Crippen LogP contribution in [0.25, 0.3) is 33.7 Å². The van der Waals surface area contributed by atoms with Crippen LogP contribution in [0.4, 0.5) is 0 Å². The quantitative estimate of drug-likeness (QED) is 0.410. The first-order valence-electron chi connectivity index (χ1n) is 10.4. The van der Waals surface area contributed by atoms with Gasteiger partial charge in [0.1, 0.15) is 0 Å². The van der Waals surface area contributed by atoms with Gasteiger partial charge in [0.05, 0.1) is 0 Å². The van der Waals surface area contributed by atoms with Gasteiger partial charge in [-0.1, -0.05) is 23.4 Å². The maximum Gasteiger partial charge on any atom is 0.258 e. The highest BCUT2D eigenvalue weighted by Crippen LogP contribution is 2.35. The van der Waals surface area contributed by atoms with E-state index in [1.54, 1.807) is 6.26 Å². The minimum atomic E-state index is 0.0995. The summed E-state index contributed by atoms with van der Waals surface area (Å²) in [6.45, 7) is 4.37. The lowest BCUT2D eigenvalue weighted by Gasteiger charge is -2.23. The van der Waals surface area contributed by atoms with Gasteiger partial charge in [0.25, 0.3) is 5.89 Å². The van der Waals surface area contributed by atoms with Crippen molar-refractivity contribution in [3.8, 4) is 22.8 Å². The van der Waals surface area contributed by atoms with Crippen molar-refractivity contribution >= 4 is 23.5 Å². The van der Waals surface area contributed by atoms with E-state index in [9.17, 15) is 0 Å². The molecule has 1 aliphatic rings. The Hall–Kier alpha value is -2.57. The average molecular weight is 421 g/mol. The highest BCUT2D eigenvalue weighted by molar-refractivity contribution is 7.79. The maximum atomic E-state index is 6.30. The van der Waals surface area contributed by atoms with E-state index in [0.29, 0.717) is 17.8 Å². The van der Waals surface area contributed by atoms with Crippen LogP contribution >= 0.6 is 12.6 Å². The van der Waals surface area contributed by atoms with E-state index in [0.717, 1.165) is 30.4 Å². The van der Waals surface area contributed by atoms with Gasteiger partial charge in [0.2, 0.25) is 5.82 Å². The number of aromatic nitrogens is 3. The molecule has 0 saturated heterocycles. The first-order valence-corrected chi connectivity index (χ1v) is 11.3. The second-order valence-electron chi connectivity index (χ2n) is 7.89. The second kappa shape index (κ2) is 8.66. The number of nitrogens with two attached hydrogens (primary N) is 1. The molecular formula is C24H28N4OS. The normalized spacial score (nSPS) is 15.7. The fraction of sp³-hybridized carbons (Fsp3) is 0.333. The van der Waals surface area contributed by atoms with Crippen molar-refractivity contribution in [1.29, 1.82) is 0 Å². The van der Waals surface area contributed by atoms with Crippen molar-refractivity contribution in [1.82, 2.24) is 14.7 Å². The molecule has 0 saturated carbocycles. The van der Waals surface area contributed by atoms with Crippen LogP contribution in [-0.4, -0.2) is 21.0 Å². The fourth-order valence-corrected chi connectivity index (χ4v) is 4.29. The van der Waals surface area contributed by atoms with Crippen LogP contribution in [0.3, 0.4) is 0 Å². The Kier molecular flexibility index (Phi) is 5.97. The van der Waals surface area contributed by atoms with E-state index in [1.165, 1.54) is 22.0 Å². The molecule has 5 rings (SSSR count). The van der Waals surface area contributed by atoms with Crippen LogP contribution in [0.2, 0.25) is 0 Å². The van der Waals surface area contributed by atoms with Crippen LogP contribution in [0.1, 0.15) is 49.9 Å². The monoisotopic (exact) mass is 420 g/mol. The third kappa shape index (κ3) is 3.66. The summed E-state index contributed by atoms with van der Waals surface area (Å²) in [7, 11) is 0. The molecule has 0 amide bonds. The van der Waals surface area contributed by atoms with Crippen molar-refractivity contribution < 1.29 is 4.52 Å². The minimum Gasteiger partial charge on any atom is -0.345 e. The standard InChI is InChI=1S/C23H24N4O.CH4S/c1-14(2)27-12-11-15-13-16(9-10-21(15)27)23-25-22(26-28-23)19-7-3-6-18-17(19)5-4-8-20(18)24;1-2/h3,6-7,9-14,20H,4-5,8,24H2,1-2H3;2H,1H3. The zero-order valence-electron chi connectivity index (χ0n) is 17.7. The lowest BCUT2D eigenvalue weighted by atomic mass is 9.85. The molecule has 1 unspecified atom stereocenters. The van der Waals surface area contributed by atoms with Gasteiger partial charge in [-0.25, -0.2) is 0 Å². The molecule has 5 nitrogen and oxygen atoms in total. The van der Waals surface area contributed by atoms with Crippen LogP contribution < -0.4 is 5.73 Å². The molecule has 0 fully saturated rings. The zero-order chi connectivity index (χ0) is 21.3. The molecular weight excluding hydrogens is 392 g/mol. The number of fused-ring (bicyclic) bond motifs is 2. The second-order valence-corrected chi connectivity index (χ2v) is 7.89. The Morgan fingerprint density at radius 1 is 1.17 bits per heavy atom. The third-order valence-electron chi connectivity index (χ3n) is 5.74. The highest BCUT2D eigenvalue weighted by atomic mass is 32.1. The smallest absolute Gasteiger partial charge is 0.258 e. The van der Waals surface area contributed by atoms with Crippen molar-refractivity contribution in [2.75, 3.05) is 6.26 Å². The van der Waals surface area contributed by atoms with Crippen LogP contribution in [-0.2, 0) is 6.42 Å². The Bertz CT molecular complexity index is 1160. The molecule has 0 radical (unpaired) electrons. The molecule has 6 heteroatoms. The van der Waals surface area contributed by atoms with Crippen molar-refractivity contribution in [2.24, 2.45) is 5.73 Å². The summed E-state index contributed by atoms with van der Waals surface area (Å²) >= 11 is 3.53. The van der Waals surface area contributed by atoms with E-state index in [1.807, 2.05) is 6.07 Å². The first-order chi connectivity index (χ1) is 14.6. The van der Waals surface area contributed by atoms with Gasteiger partial charge >= 0.3 is 0 Å². The summed E-state index contributed by atoms with van der Waals surface area (Å²) < 4.78 is 7.89. The molecule has 0 aliphatic heterocycles. The van der Waals surface area contributed by atoms with E-state index in [-0.39, 0.29) is 6.04 Å². The summed E-state index contributed by atoms with van der Waals surface area (Å²) in [5.41, 5.74) is 12.0. The third-order valence-corrected chi connectivity index (χ3v) is 5.74. The molecule has 2 aromatic heterocycles. The fourth-order valence-electron chi connectivity index (χ4n) is 4.29. The van der Waals surface area contributed by atoms with Gasteiger partial charge in [-0.2, -0.15) is 17.6 Å². The van der Waals surface area contributed by atoms with E-state index >= 15 is 0 Å². The highest BCUT2D eigenvalue weighted by Gasteiger charge is 2.22. The Balaban J connectivity index is 0.00000106. The molecule has 2 heterocycles. The van der Waals surface area contributed by atoms with Gasteiger partial charge in [-0.3, -0.25) is 0 Å². The van der Waals surface area contributed by atoms with Gasteiger partial charge in [-0.05, 0) is 74.8 Å². The summed E-state index contributed by atoms with van der Waals surface area (Å²) in [5, 5.41) is 5.45. The van der Waals surface area contributed by atoms with Crippen LogP contribution in [0.5, 0.6) is 0 Å². The van der Waals surface area contributed by atoms with Gasteiger partial charge in [0.15, 0.2) is 0 Å².